The highest BCUT2D eigenvalue weighted by Crippen LogP contribution is 2.65. The topological polar surface area (TPSA) is 133 Å². The smallest absolute Gasteiger partial charge is 0.481 e. The summed E-state index contributed by atoms with van der Waals surface area (Å²) in [5.74, 6) is 1.12. The molecule has 2 aromatic carbocycles. The second kappa shape index (κ2) is 17.4. The summed E-state index contributed by atoms with van der Waals surface area (Å²) in [5.41, 5.74) is 1.43. The maximum atomic E-state index is 14.3. The van der Waals surface area contributed by atoms with Gasteiger partial charge in [0, 0.05) is 18.4 Å². The van der Waals surface area contributed by atoms with E-state index < -0.39 is 36.7 Å². The van der Waals surface area contributed by atoms with Crippen LogP contribution in [0.1, 0.15) is 91.7 Å². The quantitative estimate of drug-likeness (QED) is 0.166. The largest absolute Gasteiger partial charge is 0.493 e. The standard InChI is InChI=1S/C42H62BN3O8/c1-25(2)20-30(40(49)46-35(21-26(3)4)43-53-34-24-29-23-33(41(29,5)6)42(34,7)54-43)45-39(48)31(44-36(47)19-16-27-14-12-11-13-15-27)22-28-17-18-32(50-8)38(52-10)37(28)51-9/h11-15,17-18,25-26,29-31,33-35H,16,19-24H2,1-10H3,(H,44,47)(H,45,48)(H,46,49)/t29-,30-,31-,33-,34+,35+,42-/m0/s1. The third-order valence-corrected chi connectivity index (χ3v) is 12.0. The Balaban J connectivity index is 1.35. The Morgan fingerprint density at radius 2 is 1.48 bits per heavy atom. The molecular formula is C42H62BN3O8. The molecule has 2 aromatic rings. The number of methoxy groups -OCH3 is 3. The zero-order valence-electron chi connectivity index (χ0n) is 34.0. The van der Waals surface area contributed by atoms with Gasteiger partial charge in [0.15, 0.2) is 11.5 Å². The number of aryl methyl sites for hydroxylation is 1. The van der Waals surface area contributed by atoms with Gasteiger partial charge in [-0.15, -0.1) is 0 Å². The maximum Gasteiger partial charge on any atom is 0.481 e. The van der Waals surface area contributed by atoms with Crippen LogP contribution in [0.5, 0.6) is 17.2 Å². The monoisotopic (exact) mass is 747 g/mol. The van der Waals surface area contributed by atoms with Gasteiger partial charge in [0.05, 0.1) is 39.0 Å². The van der Waals surface area contributed by atoms with Gasteiger partial charge in [-0.2, -0.15) is 0 Å². The third kappa shape index (κ3) is 9.02. The van der Waals surface area contributed by atoms with Crippen molar-refractivity contribution in [2.45, 2.75) is 123 Å². The van der Waals surface area contributed by atoms with Gasteiger partial charge < -0.3 is 39.5 Å². The molecule has 1 saturated heterocycles. The fraction of sp³-hybridized carbons (Fsp3) is 0.643. The van der Waals surface area contributed by atoms with E-state index in [1.165, 1.54) is 21.3 Å². The number of nitrogens with one attached hydrogen (secondary N) is 3. The summed E-state index contributed by atoms with van der Waals surface area (Å²) in [6, 6.07) is 11.4. The average molecular weight is 748 g/mol. The second-order valence-electron chi connectivity index (χ2n) is 17.1. The van der Waals surface area contributed by atoms with E-state index in [1.807, 2.05) is 44.2 Å². The Morgan fingerprint density at radius 1 is 0.815 bits per heavy atom. The third-order valence-electron chi connectivity index (χ3n) is 12.0. The van der Waals surface area contributed by atoms with Gasteiger partial charge in [0.1, 0.15) is 12.1 Å². The average Bonchev–Trinajstić information content (AvgIpc) is 3.50. The molecule has 0 radical (unpaired) electrons. The first kappa shape index (κ1) is 41.4. The van der Waals surface area contributed by atoms with E-state index >= 15 is 0 Å². The molecule has 4 fully saturated rings. The summed E-state index contributed by atoms with van der Waals surface area (Å²) in [6.07, 6.45) is 3.90. The first-order chi connectivity index (χ1) is 25.6. The molecule has 6 rings (SSSR count). The van der Waals surface area contributed by atoms with Crippen molar-refractivity contribution >= 4 is 24.8 Å². The second-order valence-corrected chi connectivity index (χ2v) is 17.1. The molecule has 3 saturated carbocycles. The van der Waals surface area contributed by atoms with Gasteiger partial charge in [-0.25, -0.2) is 0 Å². The zero-order chi connectivity index (χ0) is 39.4. The van der Waals surface area contributed by atoms with E-state index in [4.69, 9.17) is 23.5 Å². The number of hydrogen-bond donors (Lipinski definition) is 3. The molecule has 7 atom stereocenters. The summed E-state index contributed by atoms with van der Waals surface area (Å²) in [7, 11) is 3.97. The highest BCUT2D eigenvalue weighted by Gasteiger charge is 2.68. The highest BCUT2D eigenvalue weighted by molar-refractivity contribution is 6.48. The van der Waals surface area contributed by atoms with Gasteiger partial charge in [-0.3, -0.25) is 14.4 Å². The molecule has 4 aliphatic rings. The minimum absolute atomic E-state index is 0.0168. The van der Waals surface area contributed by atoms with Crippen molar-refractivity contribution in [2.75, 3.05) is 21.3 Å². The SMILES string of the molecule is COc1ccc(C[C@H](NC(=O)CCc2ccccc2)C(=O)N[C@@H](CC(C)C)C(=O)N[C@H](CC(C)C)B2O[C@@H]3C[C@@H]4C[C@@H](C4(C)C)[C@]3(C)O2)c(OC)c1OC. The molecule has 0 unspecified atom stereocenters. The summed E-state index contributed by atoms with van der Waals surface area (Å²) in [4.78, 5) is 42.0. The van der Waals surface area contributed by atoms with Crippen molar-refractivity contribution in [3.05, 3.63) is 53.6 Å². The van der Waals surface area contributed by atoms with Crippen LogP contribution < -0.4 is 30.2 Å². The number of ether oxygens (including phenoxy) is 3. The predicted octanol–water partition coefficient (Wildman–Crippen LogP) is 5.70. The summed E-state index contributed by atoms with van der Waals surface area (Å²) in [5, 5.41) is 9.23. The first-order valence-corrected chi connectivity index (χ1v) is 19.7. The Bertz CT molecular complexity index is 1620. The van der Waals surface area contributed by atoms with Crippen LogP contribution in [0.3, 0.4) is 0 Å². The number of rotatable bonds is 18. The summed E-state index contributed by atoms with van der Waals surface area (Å²) in [6.45, 7) is 15.1. The van der Waals surface area contributed by atoms with E-state index in [2.05, 4.69) is 50.6 Å². The molecule has 0 spiro atoms. The molecule has 3 N–H and O–H groups in total. The predicted molar refractivity (Wildman–Crippen MR) is 209 cm³/mol. The van der Waals surface area contributed by atoms with Crippen LogP contribution in [-0.4, -0.2) is 75.9 Å². The lowest BCUT2D eigenvalue weighted by atomic mass is 9.43. The summed E-state index contributed by atoms with van der Waals surface area (Å²) < 4.78 is 30.2. The van der Waals surface area contributed by atoms with Crippen molar-refractivity contribution in [3.63, 3.8) is 0 Å². The number of carbonyl (C=O) groups excluding carboxylic acids is 3. The number of amides is 3. The minimum Gasteiger partial charge on any atom is -0.493 e. The van der Waals surface area contributed by atoms with Crippen LogP contribution >= 0.6 is 0 Å². The maximum absolute atomic E-state index is 14.3. The Hall–Kier alpha value is -3.77. The lowest BCUT2D eigenvalue weighted by molar-refractivity contribution is -0.199. The van der Waals surface area contributed by atoms with E-state index in [1.54, 1.807) is 12.1 Å². The lowest BCUT2D eigenvalue weighted by Crippen LogP contribution is -2.65. The molecular weight excluding hydrogens is 685 g/mol. The number of carbonyl (C=O) groups is 3. The van der Waals surface area contributed by atoms with Crippen LogP contribution in [0, 0.1) is 29.1 Å². The highest BCUT2D eigenvalue weighted by atomic mass is 16.7. The van der Waals surface area contributed by atoms with Crippen LogP contribution in [-0.2, 0) is 36.5 Å². The Morgan fingerprint density at radius 3 is 2.09 bits per heavy atom. The van der Waals surface area contributed by atoms with Gasteiger partial charge in [-0.1, -0.05) is 77.9 Å². The fourth-order valence-electron chi connectivity index (χ4n) is 9.00. The van der Waals surface area contributed by atoms with E-state index in [-0.39, 0.29) is 48.0 Å². The number of benzene rings is 2. The molecule has 11 nitrogen and oxygen atoms in total. The molecule has 12 heteroatoms. The van der Waals surface area contributed by atoms with Gasteiger partial charge >= 0.3 is 7.12 Å². The Labute approximate surface area is 322 Å². The van der Waals surface area contributed by atoms with Crippen LogP contribution in [0.25, 0.3) is 0 Å². The van der Waals surface area contributed by atoms with Crippen LogP contribution in [0.2, 0.25) is 0 Å². The van der Waals surface area contributed by atoms with E-state index in [0.29, 0.717) is 53.9 Å². The van der Waals surface area contributed by atoms with Crippen molar-refractivity contribution in [3.8, 4) is 17.2 Å². The fourth-order valence-corrected chi connectivity index (χ4v) is 9.00. The normalized spacial score (nSPS) is 24.1. The van der Waals surface area contributed by atoms with E-state index in [9.17, 15) is 14.4 Å². The molecule has 1 heterocycles. The van der Waals surface area contributed by atoms with Crippen LogP contribution in [0.15, 0.2) is 42.5 Å². The lowest BCUT2D eigenvalue weighted by Gasteiger charge is -2.64. The molecule has 296 valence electrons. The molecule has 0 aromatic heterocycles. The van der Waals surface area contributed by atoms with Crippen LogP contribution in [0.4, 0.5) is 0 Å². The summed E-state index contributed by atoms with van der Waals surface area (Å²) >= 11 is 0. The molecule has 3 amide bonds. The van der Waals surface area contributed by atoms with Crippen molar-refractivity contribution < 1.29 is 37.9 Å². The molecule has 54 heavy (non-hydrogen) atoms. The number of hydrogen-bond acceptors (Lipinski definition) is 8. The molecule has 2 bridgehead atoms. The van der Waals surface area contributed by atoms with Crippen molar-refractivity contribution in [1.29, 1.82) is 0 Å². The van der Waals surface area contributed by atoms with E-state index in [0.717, 1.165) is 18.4 Å². The molecule has 3 aliphatic carbocycles. The van der Waals surface area contributed by atoms with Crippen molar-refractivity contribution in [1.82, 2.24) is 16.0 Å². The van der Waals surface area contributed by atoms with Crippen molar-refractivity contribution in [2.24, 2.45) is 29.1 Å². The van der Waals surface area contributed by atoms with Gasteiger partial charge in [-0.05, 0) is 79.7 Å². The first-order valence-electron chi connectivity index (χ1n) is 19.7. The van der Waals surface area contributed by atoms with Gasteiger partial charge in [0.25, 0.3) is 0 Å². The zero-order valence-corrected chi connectivity index (χ0v) is 34.0. The van der Waals surface area contributed by atoms with Gasteiger partial charge in [0.2, 0.25) is 23.5 Å². The molecule has 1 aliphatic heterocycles. The Kier molecular flexibility index (Phi) is 13.3. The minimum atomic E-state index is -1.02.